The van der Waals surface area contributed by atoms with Crippen LogP contribution in [0.15, 0.2) is 24.3 Å². The predicted molar refractivity (Wildman–Crippen MR) is 94.1 cm³/mol. The van der Waals surface area contributed by atoms with Gasteiger partial charge in [-0.3, -0.25) is 9.48 Å². The summed E-state index contributed by atoms with van der Waals surface area (Å²) < 4.78 is 1.81. The summed E-state index contributed by atoms with van der Waals surface area (Å²) in [6.45, 7) is 0. The van der Waals surface area contributed by atoms with Gasteiger partial charge in [0.1, 0.15) is 5.69 Å². The lowest BCUT2D eigenvalue weighted by Gasteiger charge is -2.33. The first-order valence-corrected chi connectivity index (χ1v) is 9.06. The molecule has 4 nitrogen and oxygen atoms in total. The van der Waals surface area contributed by atoms with Gasteiger partial charge in [0.2, 0.25) is 0 Å². The molecule has 1 unspecified atom stereocenters. The molecule has 0 N–H and O–H groups in total. The van der Waals surface area contributed by atoms with Gasteiger partial charge < -0.3 is 4.90 Å². The minimum Gasteiger partial charge on any atom is -0.333 e. The standard InChI is InChI=1S/C20H25N3O/c1-22(18-13-7-9-14-8-3-4-10-15(14)18)20(24)19-16-11-5-6-12-17(16)21-23(19)2/h3-4,8,10,18H,5-7,9,11-13H2,1-2H3. The second-order valence-corrected chi connectivity index (χ2v) is 7.13. The van der Waals surface area contributed by atoms with Gasteiger partial charge in [0.25, 0.3) is 5.91 Å². The fraction of sp³-hybridized carbons (Fsp3) is 0.500. The summed E-state index contributed by atoms with van der Waals surface area (Å²) >= 11 is 0. The number of carbonyl (C=O) groups excluding carboxylic acids is 1. The van der Waals surface area contributed by atoms with Crippen molar-refractivity contribution in [3.8, 4) is 0 Å². The maximum Gasteiger partial charge on any atom is 0.272 e. The number of hydrogen-bond acceptors (Lipinski definition) is 2. The van der Waals surface area contributed by atoms with E-state index in [0.717, 1.165) is 49.9 Å². The molecular formula is C20H25N3O. The van der Waals surface area contributed by atoms with Crippen LogP contribution in [0.25, 0.3) is 0 Å². The van der Waals surface area contributed by atoms with E-state index in [1.165, 1.54) is 23.1 Å². The molecule has 24 heavy (non-hydrogen) atoms. The van der Waals surface area contributed by atoms with E-state index in [4.69, 9.17) is 0 Å². The SMILES string of the molecule is CN(C(=O)c1c2c(nn1C)CCCC2)C1CCCc2ccccc21. The number of carbonyl (C=O) groups is 1. The van der Waals surface area contributed by atoms with Crippen molar-refractivity contribution < 1.29 is 4.79 Å². The van der Waals surface area contributed by atoms with Crippen LogP contribution in [0.1, 0.15) is 64.6 Å². The fourth-order valence-corrected chi connectivity index (χ4v) is 4.39. The molecule has 4 rings (SSSR count). The van der Waals surface area contributed by atoms with Crippen molar-refractivity contribution in [3.63, 3.8) is 0 Å². The van der Waals surface area contributed by atoms with Crippen molar-refractivity contribution in [1.29, 1.82) is 0 Å². The molecule has 2 aromatic rings. The van der Waals surface area contributed by atoms with Crippen LogP contribution in [-0.4, -0.2) is 27.6 Å². The molecule has 0 fully saturated rings. The zero-order valence-electron chi connectivity index (χ0n) is 14.6. The number of aryl methyl sites for hydroxylation is 3. The van der Waals surface area contributed by atoms with Crippen molar-refractivity contribution in [2.75, 3.05) is 7.05 Å². The van der Waals surface area contributed by atoms with E-state index in [1.54, 1.807) is 0 Å². The molecule has 0 aliphatic heterocycles. The highest BCUT2D eigenvalue weighted by atomic mass is 16.2. The monoisotopic (exact) mass is 323 g/mol. The van der Waals surface area contributed by atoms with Crippen LogP contribution in [-0.2, 0) is 26.3 Å². The molecule has 1 aromatic heterocycles. The summed E-state index contributed by atoms with van der Waals surface area (Å²) in [6.07, 6.45) is 7.64. The molecule has 1 amide bonds. The quantitative estimate of drug-likeness (QED) is 0.849. The van der Waals surface area contributed by atoms with Gasteiger partial charge in [0.05, 0.1) is 11.7 Å². The molecule has 4 heteroatoms. The first-order chi connectivity index (χ1) is 11.7. The number of amides is 1. The lowest BCUT2D eigenvalue weighted by Crippen LogP contribution is -2.35. The highest BCUT2D eigenvalue weighted by molar-refractivity contribution is 5.94. The van der Waals surface area contributed by atoms with E-state index in [2.05, 4.69) is 29.4 Å². The number of rotatable bonds is 2. The average Bonchev–Trinajstić information content (AvgIpc) is 2.95. The van der Waals surface area contributed by atoms with Crippen LogP contribution < -0.4 is 0 Å². The van der Waals surface area contributed by atoms with E-state index in [9.17, 15) is 4.79 Å². The number of nitrogens with zero attached hydrogens (tertiary/aromatic N) is 3. The van der Waals surface area contributed by atoms with Gasteiger partial charge in [-0.2, -0.15) is 5.10 Å². The third kappa shape index (κ3) is 2.45. The summed E-state index contributed by atoms with van der Waals surface area (Å²) in [5, 5.41) is 4.61. The number of benzene rings is 1. The second-order valence-electron chi connectivity index (χ2n) is 7.13. The Labute approximate surface area is 143 Å². The van der Waals surface area contributed by atoms with Crippen LogP contribution in [0.2, 0.25) is 0 Å². The minimum absolute atomic E-state index is 0.120. The van der Waals surface area contributed by atoms with Crippen molar-refractivity contribution in [2.45, 2.75) is 51.0 Å². The molecule has 0 bridgehead atoms. The highest BCUT2D eigenvalue weighted by Gasteiger charge is 2.31. The lowest BCUT2D eigenvalue weighted by atomic mass is 9.86. The molecule has 1 atom stereocenters. The molecular weight excluding hydrogens is 298 g/mol. The van der Waals surface area contributed by atoms with Gasteiger partial charge in [-0.15, -0.1) is 0 Å². The predicted octanol–water partition coefficient (Wildman–Crippen LogP) is 3.45. The normalized spacial score (nSPS) is 19.5. The maximum absolute atomic E-state index is 13.3. The molecule has 1 aromatic carbocycles. The van der Waals surface area contributed by atoms with Crippen LogP contribution in [0.3, 0.4) is 0 Å². The Hall–Kier alpha value is -2.10. The van der Waals surface area contributed by atoms with Crippen molar-refractivity contribution in [2.24, 2.45) is 7.05 Å². The van der Waals surface area contributed by atoms with Gasteiger partial charge in [-0.05, 0) is 56.1 Å². The van der Waals surface area contributed by atoms with Crippen molar-refractivity contribution >= 4 is 5.91 Å². The topological polar surface area (TPSA) is 38.1 Å². The van der Waals surface area contributed by atoms with E-state index >= 15 is 0 Å². The van der Waals surface area contributed by atoms with Gasteiger partial charge >= 0.3 is 0 Å². The average molecular weight is 323 g/mol. The van der Waals surface area contributed by atoms with E-state index in [-0.39, 0.29) is 11.9 Å². The van der Waals surface area contributed by atoms with Gasteiger partial charge in [-0.25, -0.2) is 0 Å². The number of hydrogen-bond donors (Lipinski definition) is 0. The van der Waals surface area contributed by atoms with E-state index in [1.807, 2.05) is 23.7 Å². The lowest BCUT2D eigenvalue weighted by molar-refractivity contribution is 0.0702. The largest absolute Gasteiger partial charge is 0.333 e. The van der Waals surface area contributed by atoms with Crippen LogP contribution >= 0.6 is 0 Å². The molecule has 0 radical (unpaired) electrons. The Morgan fingerprint density at radius 2 is 1.96 bits per heavy atom. The van der Waals surface area contributed by atoms with Gasteiger partial charge in [0, 0.05) is 19.7 Å². The Balaban J connectivity index is 1.68. The maximum atomic E-state index is 13.3. The summed E-state index contributed by atoms with van der Waals surface area (Å²) in [7, 11) is 3.87. The van der Waals surface area contributed by atoms with Gasteiger partial charge in [-0.1, -0.05) is 24.3 Å². The summed E-state index contributed by atoms with van der Waals surface area (Å²) in [5.74, 6) is 0.120. The van der Waals surface area contributed by atoms with Crippen LogP contribution in [0.4, 0.5) is 0 Å². The molecule has 2 aliphatic carbocycles. The smallest absolute Gasteiger partial charge is 0.272 e. The third-order valence-corrected chi connectivity index (χ3v) is 5.65. The van der Waals surface area contributed by atoms with E-state index < -0.39 is 0 Å². The van der Waals surface area contributed by atoms with Crippen LogP contribution in [0, 0.1) is 0 Å². The molecule has 0 saturated carbocycles. The Kier molecular flexibility index (Phi) is 3.91. The molecule has 0 spiro atoms. The number of aromatic nitrogens is 2. The minimum atomic E-state index is 0.120. The fourth-order valence-electron chi connectivity index (χ4n) is 4.39. The zero-order chi connectivity index (χ0) is 16.7. The summed E-state index contributed by atoms with van der Waals surface area (Å²) in [4.78, 5) is 15.2. The highest BCUT2D eigenvalue weighted by Crippen LogP contribution is 2.35. The van der Waals surface area contributed by atoms with Crippen molar-refractivity contribution in [3.05, 3.63) is 52.3 Å². The molecule has 0 saturated heterocycles. The third-order valence-electron chi connectivity index (χ3n) is 5.65. The first kappa shape index (κ1) is 15.4. The van der Waals surface area contributed by atoms with Crippen LogP contribution in [0.5, 0.6) is 0 Å². The molecule has 1 heterocycles. The first-order valence-electron chi connectivity index (χ1n) is 9.06. The zero-order valence-corrected chi connectivity index (χ0v) is 14.6. The summed E-state index contributed by atoms with van der Waals surface area (Å²) in [6, 6.07) is 8.74. The Morgan fingerprint density at radius 1 is 1.17 bits per heavy atom. The Bertz CT molecular complexity index is 777. The Morgan fingerprint density at radius 3 is 2.83 bits per heavy atom. The summed E-state index contributed by atoms with van der Waals surface area (Å²) in [5.41, 5.74) is 5.82. The van der Waals surface area contributed by atoms with Gasteiger partial charge in [0.15, 0.2) is 0 Å². The second kappa shape index (κ2) is 6.08. The molecule has 2 aliphatic rings. The van der Waals surface area contributed by atoms with Crippen molar-refractivity contribution in [1.82, 2.24) is 14.7 Å². The number of fused-ring (bicyclic) bond motifs is 2. The molecule has 126 valence electrons. The van der Waals surface area contributed by atoms with E-state index in [0.29, 0.717) is 0 Å².